The van der Waals surface area contributed by atoms with Crippen molar-refractivity contribution in [3.8, 4) is 16.8 Å². The van der Waals surface area contributed by atoms with Crippen LogP contribution in [0.5, 0.6) is 0 Å². The smallest absolute Gasteiger partial charge is 0.162 e. The summed E-state index contributed by atoms with van der Waals surface area (Å²) in [6.45, 7) is 3.18. The minimum absolute atomic E-state index is 0.277. The molecule has 1 saturated heterocycles. The van der Waals surface area contributed by atoms with Crippen LogP contribution >= 0.6 is 0 Å². The van der Waals surface area contributed by atoms with Crippen LogP contribution in [0.4, 0.5) is 5.82 Å². The zero-order chi connectivity index (χ0) is 22.2. The molecule has 0 unspecified atom stereocenters. The lowest BCUT2D eigenvalue weighted by molar-refractivity contribution is 0.122. The molecule has 8 heteroatoms. The number of hydrogen-bond acceptors (Lipinski definition) is 6. The molecule has 2 aliphatic rings. The molecule has 0 bridgehead atoms. The molecule has 2 fully saturated rings. The van der Waals surface area contributed by atoms with Crippen LogP contribution in [0.1, 0.15) is 19.3 Å². The van der Waals surface area contributed by atoms with E-state index in [4.69, 9.17) is 4.74 Å². The molecule has 0 N–H and O–H groups in total. The number of anilines is 1. The summed E-state index contributed by atoms with van der Waals surface area (Å²) >= 11 is 0. The quantitative estimate of drug-likeness (QED) is 0.450. The first kappa shape index (κ1) is 20.5. The predicted molar refractivity (Wildman–Crippen MR) is 129 cm³/mol. The summed E-state index contributed by atoms with van der Waals surface area (Å²) < 4.78 is 20.0. The number of rotatable bonds is 5. The molecule has 1 aromatic carbocycles. The fourth-order valence-electron chi connectivity index (χ4n) is 4.36. The van der Waals surface area contributed by atoms with Crippen molar-refractivity contribution >= 4 is 27.7 Å². The topological polar surface area (TPSA) is 73.1 Å². The summed E-state index contributed by atoms with van der Waals surface area (Å²) in [4.78, 5) is 12.3. The lowest BCUT2D eigenvalue weighted by Crippen LogP contribution is -2.36. The monoisotopic (exact) mass is 459 g/mol. The largest absolute Gasteiger partial charge is 0.378 e. The zero-order valence-corrected chi connectivity index (χ0v) is 19.1. The number of pyridine rings is 2. The van der Waals surface area contributed by atoms with E-state index in [1.165, 1.54) is 6.42 Å². The molecule has 3 aromatic heterocycles. The van der Waals surface area contributed by atoms with Gasteiger partial charge in [0.1, 0.15) is 5.82 Å². The standard InChI is InChI=1S/C25H25N5O2S/c31-33(22-5-2-6-22)23-14-20-16-28-30(25(20)27-17-23)21-4-1-3-18(13-21)19-7-8-26-24(15-19)29-9-11-32-12-10-29/h1,3-4,7-8,13-17,22H,2,5-6,9-12H2/t33-/m0/s1. The third-order valence-electron chi connectivity index (χ3n) is 6.47. The van der Waals surface area contributed by atoms with Gasteiger partial charge in [0.2, 0.25) is 0 Å². The van der Waals surface area contributed by atoms with Crippen molar-refractivity contribution < 1.29 is 8.95 Å². The first-order valence-electron chi connectivity index (χ1n) is 11.4. The van der Waals surface area contributed by atoms with Crippen LogP contribution in [0.2, 0.25) is 0 Å². The van der Waals surface area contributed by atoms with E-state index >= 15 is 0 Å². The van der Waals surface area contributed by atoms with Gasteiger partial charge in [-0.3, -0.25) is 4.21 Å². The summed E-state index contributed by atoms with van der Waals surface area (Å²) in [5.74, 6) is 0.972. The van der Waals surface area contributed by atoms with Crippen LogP contribution in [0.25, 0.3) is 27.8 Å². The molecule has 0 spiro atoms. The molecule has 0 radical (unpaired) electrons. The summed E-state index contributed by atoms with van der Waals surface area (Å²) in [5, 5.41) is 5.77. The van der Waals surface area contributed by atoms with Gasteiger partial charge in [-0.2, -0.15) is 5.10 Å². The Labute approximate surface area is 194 Å². The van der Waals surface area contributed by atoms with Gasteiger partial charge in [0.05, 0.1) is 40.8 Å². The van der Waals surface area contributed by atoms with E-state index in [-0.39, 0.29) is 5.25 Å². The van der Waals surface area contributed by atoms with Crippen molar-refractivity contribution in [3.63, 3.8) is 0 Å². The molecule has 168 valence electrons. The Morgan fingerprint density at radius 1 is 0.970 bits per heavy atom. The van der Waals surface area contributed by atoms with Crippen LogP contribution in [0, 0.1) is 0 Å². The summed E-state index contributed by atoms with van der Waals surface area (Å²) in [6, 6.07) is 14.4. The normalized spacial score (nSPS) is 17.8. The molecule has 1 atom stereocenters. The van der Waals surface area contributed by atoms with Crippen molar-refractivity contribution in [2.45, 2.75) is 29.4 Å². The second kappa shape index (κ2) is 8.68. The van der Waals surface area contributed by atoms with Gasteiger partial charge >= 0.3 is 0 Å². The van der Waals surface area contributed by atoms with Crippen LogP contribution < -0.4 is 4.90 Å². The van der Waals surface area contributed by atoms with E-state index in [0.29, 0.717) is 0 Å². The fraction of sp³-hybridized carbons (Fsp3) is 0.320. The number of aromatic nitrogens is 4. The summed E-state index contributed by atoms with van der Waals surface area (Å²) in [5.41, 5.74) is 3.91. The molecular formula is C25H25N5O2S. The minimum atomic E-state index is -0.983. The minimum Gasteiger partial charge on any atom is -0.378 e. The van der Waals surface area contributed by atoms with Gasteiger partial charge < -0.3 is 9.64 Å². The average Bonchev–Trinajstić information content (AvgIpc) is 3.27. The van der Waals surface area contributed by atoms with E-state index in [1.54, 1.807) is 12.4 Å². The highest BCUT2D eigenvalue weighted by Crippen LogP contribution is 2.30. The highest BCUT2D eigenvalue weighted by Gasteiger charge is 2.25. The second-order valence-electron chi connectivity index (χ2n) is 8.54. The Morgan fingerprint density at radius 3 is 2.64 bits per heavy atom. The van der Waals surface area contributed by atoms with E-state index in [0.717, 1.165) is 77.7 Å². The Hall–Kier alpha value is -3.10. The highest BCUT2D eigenvalue weighted by atomic mass is 32.2. The molecule has 1 saturated carbocycles. The van der Waals surface area contributed by atoms with Crippen molar-refractivity contribution in [1.82, 2.24) is 19.7 Å². The maximum absolute atomic E-state index is 12.7. The highest BCUT2D eigenvalue weighted by molar-refractivity contribution is 7.85. The van der Waals surface area contributed by atoms with Crippen LogP contribution in [0.15, 0.2) is 66.0 Å². The van der Waals surface area contributed by atoms with E-state index in [1.807, 2.05) is 35.1 Å². The van der Waals surface area contributed by atoms with E-state index in [2.05, 4.69) is 38.2 Å². The van der Waals surface area contributed by atoms with Gasteiger partial charge in [0.15, 0.2) is 5.65 Å². The van der Waals surface area contributed by atoms with Crippen molar-refractivity contribution in [1.29, 1.82) is 0 Å². The number of morpholine rings is 1. The number of benzene rings is 1. The maximum atomic E-state index is 12.7. The lowest BCUT2D eigenvalue weighted by atomic mass is 10.0. The number of fused-ring (bicyclic) bond motifs is 1. The van der Waals surface area contributed by atoms with Crippen LogP contribution in [-0.4, -0.2) is 55.5 Å². The predicted octanol–water partition coefficient (Wildman–Crippen LogP) is 3.98. The Bertz CT molecular complexity index is 1330. The number of ether oxygens (including phenoxy) is 1. The third-order valence-corrected chi connectivity index (χ3v) is 8.24. The zero-order valence-electron chi connectivity index (χ0n) is 18.3. The molecular weight excluding hydrogens is 434 g/mol. The Morgan fingerprint density at radius 2 is 1.82 bits per heavy atom. The first-order chi connectivity index (χ1) is 16.3. The van der Waals surface area contributed by atoms with Crippen LogP contribution in [-0.2, 0) is 15.5 Å². The van der Waals surface area contributed by atoms with Crippen molar-refractivity contribution in [2.75, 3.05) is 31.2 Å². The fourth-order valence-corrected chi connectivity index (χ4v) is 5.90. The Balaban J connectivity index is 1.31. The lowest BCUT2D eigenvalue weighted by Gasteiger charge is -2.28. The molecule has 0 amide bonds. The molecule has 4 heterocycles. The summed E-state index contributed by atoms with van der Waals surface area (Å²) in [6.07, 6.45) is 8.67. The SMILES string of the molecule is O=[S@](c1cnc2c(cnn2-c2cccc(-c3ccnc(N4CCOCC4)c3)c2)c1)C1CCC1. The third kappa shape index (κ3) is 3.94. The van der Waals surface area contributed by atoms with Gasteiger partial charge in [-0.05, 0) is 54.3 Å². The molecule has 1 aliphatic heterocycles. The first-order valence-corrected chi connectivity index (χ1v) is 12.6. The van der Waals surface area contributed by atoms with Gasteiger partial charge in [0.25, 0.3) is 0 Å². The van der Waals surface area contributed by atoms with Crippen LogP contribution in [0.3, 0.4) is 0 Å². The Kier molecular flexibility index (Phi) is 5.39. The molecule has 6 rings (SSSR count). The van der Waals surface area contributed by atoms with Gasteiger partial charge in [-0.25, -0.2) is 14.6 Å². The maximum Gasteiger partial charge on any atom is 0.162 e. The summed E-state index contributed by atoms with van der Waals surface area (Å²) in [7, 11) is -0.983. The molecule has 7 nitrogen and oxygen atoms in total. The van der Waals surface area contributed by atoms with Gasteiger partial charge in [0, 0.05) is 36.1 Å². The average molecular weight is 460 g/mol. The van der Waals surface area contributed by atoms with E-state index < -0.39 is 10.8 Å². The van der Waals surface area contributed by atoms with Crippen molar-refractivity contribution in [3.05, 3.63) is 61.1 Å². The molecule has 1 aliphatic carbocycles. The van der Waals surface area contributed by atoms with Gasteiger partial charge in [-0.15, -0.1) is 0 Å². The molecule has 33 heavy (non-hydrogen) atoms. The van der Waals surface area contributed by atoms with E-state index in [9.17, 15) is 4.21 Å². The van der Waals surface area contributed by atoms with Crippen molar-refractivity contribution in [2.24, 2.45) is 0 Å². The number of hydrogen-bond donors (Lipinski definition) is 0. The molecule has 4 aromatic rings. The van der Waals surface area contributed by atoms with Gasteiger partial charge in [-0.1, -0.05) is 18.6 Å². The second-order valence-corrected chi connectivity index (χ2v) is 10.3. The number of nitrogens with zero attached hydrogens (tertiary/aromatic N) is 5.